The summed E-state index contributed by atoms with van der Waals surface area (Å²) in [5.74, 6) is 0.858. The van der Waals surface area contributed by atoms with Crippen LogP contribution in [0.3, 0.4) is 0 Å². The highest BCUT2D eigenvalue weighted by molar-refractivity contribution is 6.36. The summed E-state index contributed by atoms with van der Waals surface area (Å²) >= 11 is 12.8. The number of benzene rings is 1. The minimum Gasteiger partial charge on any atom is -0.340 e. The molecule has 130 valence electrons. The van der Waals surface area contributed by atoms with Crippen LogP contribution in [0.4, 0.5) is 0 Å². The van der Waals surface area contributed by atoms with Crippen molar-refractivity contribution in [1.82, 2.24) is 24.9 Å². The van der Waals surface area contributed by atoms with Crippen molar-refractivity contribution < 1.29 is 4.52 Å². The second-order valence-electron chi connectivity index (χ2n) is 5.90. The van der Waals surface area contributed by atoms with Crippen molar-refractivity contribution in [3.05, 3.63) is 66.5 Å². The van der Waals surface area contributed by atoms with Gasteiger partial charge in [0, 0.05) is 22.5 Å². The lowest BCUT2D eigenvalue weighted by molar-refractivity contribution is 0.378. The van der Waals surface area contributed by atoms with E-state index in [4.69, 9.17) is 27.7 Å². The molecule has 0 atom stereocenters. The Labute approximate surface area is 151 Å². The highest BCUT2D eigenvalue weighted by Crippen LogP contribution is 2.40. The number of aromatic nitrogens is 5. The van der Waals surface area contributed by atoms with Gasteiger partial charge < -0.3 is 4.52 Å². The number of aryl methyl sites for hydroxylation is 1. The zero-order valence-corrected chi connectivity index (χ0v) is 15.0. The molecule has 0 saturated carbocycles. The molecule has 0 aliphatic rings. The zero-order chi connectivity index (χ0) is 18.4. The fourth-order valence-electron chi connectivity index (χ4n) is 2.48. The van der Waals surface area contributed by atoms with Gasteiger partial charge in [0.05, 0.1) is 11.1 Å². The van der Waals surface area contributed by atoms with E-state index in [9.17, 15) is 9.59 Å². The Hall–Kier alpha value is -2.45. The van der Waals surface area contributed by atoms with Crippen molar-refractivity contribution in [3.63, 3.8) is 0 Å². The fourth-order valence-corrected chi connectivity index (χ4v) is 3.43. The maximum atomic E-state index is 11.9. The van der Waals surface area contributed by atoms with Gasteiger partial charge in [0.1, 0.15) is 6.20 Å². The van der Waals surface area contributed by atoms with E-state index in [2.05, 4.69) is 20.2 Å². The van der Waals surface area contributed by atoms with E-state index in [1.807, 2.05) is 13.8 Å². The normalized spacial score (nSPS) is 11.7. The van der Waals surface area contributed by atoms with E-state index >= 15 is 0 Å². The largest absolute Gasteiger partial charge is 0.349 e. The molecule has 0 unspecified atom stereocenters. The Kier molecular flexibility index (Phi) is 4.26. The number of hydrogen-bond acceptors (Lipinski definition) is 6. The van der Waals surface area contributed by atoms with Crippen LogP contribution in [0.25, 0.3) is 5.69 Å². The van der Waals surface area contributed by atoms with Gasteiger partial charge in [0.15, 0.2) is 5.82 Å². The molecule has 3 aromatic rings. The monoisotopic (exact) mass is 381 g/mol. The Morgan fingerprint density at radius 2 is 1.84 bits per heavy atom. The van der Waals surface area contributed by atoms with Gasteiger partial charge in [-0.2, -0.15) is 14.8 Å². The molecular weight excluding hydrogens is 369 g/mol. The Morgan fingerprint density at radius 3 is 2.36 bits per heavy atom. The molecule has 0 radical (unpaired) electrons. The van der Waals surface area contributed by atoms with E-state index in [0.717, 1.165) is 10.9 Å². The lowest BCUT2D eigenvalue weighted by Gasteiger charge is -2.24. The molecule has 0 fully saturated rings. The van der Waals surface area contributed by atoms with Gasteiger partial charge in [0.2, 0.25) is 5.89 Å². The molecule has 2 aromatic heterocycles. The van der Waals surface area contributed by atoms with Crippen molar-refractivity contribution in [3.8, 4) is 5.69 Å². The van der Waals surface area contributed by atoms with E-state index in [-0.39, 0.29) is 0 Å². The van der Waals surface area contributed by atoms with E-state index in [0.29, 0.717) is 33.0 Å². The van der Waals surface area contributed by atoms with E-state index < -0.39 is 16.7 Å². The van der Waals surface area contributed by atoms with Crippen molar-refractivity contribution in [2.24, 2.45) is 0 Å². The lowest BCUT2D eigenvalue weighted by atomic mass is 9.83. The average Bonchev–Trinajstić information content (AvgIpc) is 2.93. The predicted molar refractivity (Wildman–Crippen MR) is 91.6 cm³/mol. The van der Waals surface area contributed by atoms with Gasteiger partial charge in [-0.05, 0) is 26.0 Å². The van der Waals surface area contributed by atoms with Crippen LogP contribution >= 0.6 is 23.2 Å². The first kappa shape index (κ1) is 17.4. The first-order valence-electron chi connectivity index (χ1n) is 7.19. The number of hydrogen-bond donors (Lipinski definition) is 1. The van der Waals surface area contributed by atoms with Crippen LogP contribution in [0.1, 0.15) is 31.1 Å². The number of H-pyrrole nitrogens is 1. The van der Waals surface area contributed by atoms with Crippen LogP contribution < -0.4 is 11.2 Å². The van der Waals surface area contributed by atoms with Crippen LogP contribution in [0.15, 0.2) is 32.4 Å². The molecule has 2 heterocycles. The van der Waals surface area contributed by atoms with E-state index in [1.165, 1.54) is 12.1 Å². The molecule has 0 bridgehead atoms. The molecule has 0 aliphatic carbocycles. The molecule has 10 heteroatoms. The molecule has 3 rings (SSSR count). The highest BCUT2D eigenvalue weighted by atomic mass is 35.5. The summed E-state index contributed by atoms with van der Waals surface area (Å²) in [5.41, 5.74) is -1.12. The van der Waals surface area contributed by atoms with Crippen molar-refractivity contribution in [1.29, 1.82) is 0 Å². The van der Waals surface area contributed by atoms with Crippen LogP contribution in [0.5, 0.6) is 0 Å². The van der Waals surface area contributed by atoms with Gasteiger partial charge in [-0.3, -0.25) is 9.78 Å². The summed E-state index contributed by atoms with van der Waals surface area (Å²) in [7, 11) is 0. The van der Waals surface area contributed by atoms with Gasteiger partial charge >= 0.3 is 5.69 Å². The minimum atomic E-state index is -0.728. The number of nitrogens with one attached hydrogen (secondary N) is 1. The zero-order valence-electron chi connectivity index (χ0n) is 13.5. The van der Waals surface area contributed by atoms with Crippen molar-refractivity contribution >= 4 is 23.2 Å². The number of halogens is 2. The molecule has 0 saturated heterocycles. The van der Waals surface area contributed by atoms with Crippen molar-refractivity contribution in [2.45, 2.75) is 26.2 Å². The van der Waals surface area contributed by atoms with Gasteiger partial charge in [-0.25, -0.2) is 4.79 Å². The second-order valence-corrected chi connectivity index (χ2v) is 6.71. The van der Waals surface area contributed by atoms with Crippen LogP contribution in [0.2, 0.25) is 10.0 Å². The number of nitrogens with zero attached hydrogens (tertiary/aromatic N) is 4. The quantitative estimate of drug-likeness (QED) is 0.745. The maximum absolute atomic E-state index is 11.9. The fraction of sp³-hybridized carbons (Fsp3) is 0.267. The Morgan fingerprint density at radius 1 is 1.20 bits per heavy atom. The SMILES string of the molecule is Cc1nc(C(C)(C)c2c(Cl)cc(-n3ncc(=O)[nH]c3=O)cc2Cl)no1. The summed E-state index contributed by atoms with van der Waals surface area (Å²) in [5, 5.41) is 8.33. The molecule has 8 nitrogen and oxygen atoms in total. The molecule has 0 aliphatic heterocycles. The average molecular weight is 382 g/mol. The molecule has 0 amide bonds. The van der Waals surface area contributed by atoms with Crippen LogP contribution in [0, 0.1) is 6.92 Å². The summed E-state index contributed by atoms with van der Waals surface area (Å²) in [6.07, 6.45) is 0.989. The molecule has 25 heavy (non-hydrogen) atoms. The first-order chi connectivity index (χ1) is 11.7. The third kappa shape index (κ3) is 3.10. The third-order valence-corrected chi connectivity index (χ3v) is 4.29. The predicted octanol–water partition coefficient (Wildman–Crippen LogP) is 2.24. The van der Waals surface area contributed by atoms with Crippen molar-refractivity contribution in [2.75, 3.05) is 0 Å². The maximum Gasteiger partial charge on any atom is 0.349 e. The highest BCUT2D eigenvalue weighted by Gasteiger charge is 2.33. The first-order valence-corrected chi connectivity index (χ1v) is 7.95. The number of rotatable bonds is 3. The molecule has 1 N–H and O–H groups in total. The van der Waals surface area contributed by atoms with Gasteiger partial charge in [-0.1, -0.05) is 28.4 Å². The summed E-state index contributed by atoms with van der Waals surface area (Å²) in [4.78, 5) is 29.4. The topological polar surface area (TPSA) is 107 Å². The summed E-state index contributed by atoms with van der Waals surface area (Å²) in [6, 6.07) is 3.06. The summed E-state index contributed by atoms with van der Waals surface area (Å²) < 4.78 is 6.03. The van der Waals surface area contributed by atoms with Gasteiger partial charge in [-0.15, -0.1) is 0 Å². The molecule has 0 spiro atoms. The number of aromatic amines is 1. The lowest BCUT2D eigenvalue weighted by Crippen LogP contribution is -2.30. The molecule has 1 aromatic carbocycles. The molecular formula is C15H13Cl2N5O3. The standard InChI is InChI=1S/C15H13Cl2N5O3/c1-7-19-13(21-25-7)15(2,3)12-9(16)4-8(5-10(12)17)22-14(24)20-11(23)6-18-22/h4-6H,1-3H3,(H,20,23,24). The smallest absolute Gasteiger partial charge is 0.340 e. The van der Waals surface area contributed by atoms with E-state index in [1.54, 1.807) is 6.92 Å². The third-order valence-electron chi connectivity index (χ3n) is 3.70. The minimum absolute atomic E-state index is 0.301. The Bertz CT molecular complexity index is 1040. The van der Waals surface area contributed by atoms with Crippen LogP contribution in [-0.2, 0) is 5.41 Å². The Balaban J connectivity index is 2.16. The van der Waals surface area contributed by atoms with Gasteiger partial charge in [0.25, 0.3) is 5.56 Å². The summed E-state index contributed by atoms with van der Waals surface area (Å²) in [6.45, 7) is 5.40. The van der Waals surface area contributed by atoms with Crippen LogP contribution in [-0.4, -0.2) is 24.9 Å². The second kappa shape index (κ2) is 6.12.